The minimum Gasteiger partial charge on any atom is -0.481 e. The summed E-state index contributed by atoms with van der Waals surface area (Å²) < 4.78 is 17.7. The third kappa shape index (κ3) is 3.50. The summed E-state index contributed by atoms with van der Waals surface area (Å²) in [4.78, 5) is 40.4. The second-order valence-corrected chi connectivity index (χ2v) is 10.3. The van der Waals surface area contributed by atoms with Gasteiger partial charge < -0.3 is 19.0 Å². The highest BCUT2D eigenvalue weighted by Crippen LogP contribution is 2.63. The van der Waals surface area contributed by atoms with Gasteiger partial charge in [-0.15, -0.1) is 0 Å². The topological polar surface area (TPSA) is 116 Å². The number of hydrogen-bond donors (Lipinski definition) is 1. The normalized spacial score (nSPS) is 32.8. The maximum Gasteiger partial charge on any atom is 0.347 e. The molecule has 0 spiro atoms. The van der Waals surface area contributed by atoms with E-state index in [4.69, 9.17) is 13.9 Å². The number of carbonyl (C=O) groups excluding carboxylic acids is 1. The molecule has 2 aromatic heterocycles. The first-order valence-corrected chi connectivity index (χ1v) is 11.6. The summed E-state index contributed by atoms with van der Waals surface area (Å²) in [6.07, 6.45) is 9.31. The van der Waals surface area contributed by atoms with Crippen molar-refractivity contribution < 1.29 is 28.6 Å². The van der Waals surface area contributed by atoms with Gasteiger partial charge in [0.15, 0.2) is 5.60 Å². The number of aromatic nitrogens is 1. The van der Waals surface area contributed by atoms with E-state index in [0.29, 0.717) is 36.4 Å². The van der Waals surface area contributed by atoms with Crippen LogP contribution in [0.4, 0.5) is 0 Å². The van der Waals surface area contributed by atoms with Gasteiger partial charge in [0.2, 0.25) is 0 Å². The Morgan fingerprint density at radius 3 is 2.83 bits per heavy atom. The number of allylic oxidation sites excluding steroid dienone is 2. The van der Waals surface area contributed by atoms with Crippen LogP contribution in [0.5, 0.6) is 5.75 Å². The molecule has 0 radical (unpaired) electrons. The van der Waals surface area contributed by atoms with Gasteiger partial charge in [-0.25, -0.2) is 4.79 Å². The standard InChI is InChI=1S/C27H27NO7/c1-25(13-23(30)31)7-5-8-26(2)20(25)12-22(33-15-29)27(3)21(26)10-17-19(35-27)11-18(34-24(17)32)16-6-4-9-28-14-16/h4-7,9-11,14-15,20,22H,8,12-13H2,1-3H3,(H,30,31)/t20?,22?,25-,26-,27-/m0/s1. The monoisotopic (exact) mass is 477 g/mol. The largest absolute Gasteiger partial charge is 0.481 e. The summed E-state index contributed by atoms with van der Waals surface area (Å²) in [7, 11) is 0. The molecule has 0 saturated heterocycles. The molecule has 3 heterocycles. The van der Waals surface area contributed by atoms with Crippen LogP contribution in [0, 0.1) is 16.7 Å². The first-order chi connectivity index (χ1) is 16.6. The van der Waals surface area contributed by atoms with E-state index in [-0.39, 0.29) is 17.9 Å². The van der Waals surface area contributed by atoms with E-state index in [1.165, 1.54) is 0 Å². The SMILES string of the molecule is C[C@@]1(CC(=O)O)C=CC[C@]2(C)C3=Cc4c(cc(-c5cccnc5)oc4=O)O[C@]3(C)C(OC=O)CC12. The Labute approximate surface area is 202 Å². The Balaban J connectivity index is 1.69. The summed E-state index contributed by atoms with van der Waals surface area (Å²) in [5, 5.41) is 9.63. The van der Waals surface area contributed by atoms with E-state index >= 15 is 0 Å². The van der Waals surface area contributed by atoms with Crippen molar-refractivity contribution in [3.8, 4) is 17.1 Å². The van der Waals surface area contributed by atoms with Crippen LogP contribution in [0.25, 0.3) is 17.4 Å². The van der Waals surface area contributed by atoms with Gasteiger partial charge in [-0.2, -0.15) is 0 Å². The lowest BCUT2D eigenvalue weighted by atomic mass is 9.47. The zero-order chi connectivity index (χ0) is 25.0. The lowest BCUT2D eigenvalue weighted by Crippen LogP contribution is -2.62. The number of aliphatic carboxylic acids is 1. The first kappa shape index (κ1) is 23.1. The summed E-state index contributed by atoms with van der Waals surface area (Å²) >= 11 is 0. The molecule has 5 rings (SSSR count). The predicted octanol–water partition coefficient (Wildman–Crippen LogP) is 4.25. The number of carboxylic acid groups (broad SMARTS) is 1. The van der Waals surface area contributed by atoms with Gasteiger partial charge in [0.1, 0.15) is 23.2 Å². The highest BCUT2D eigenvalue weighted by atomic mass is 16.6. The minimum atomic E-state index is -1.05. The van der Waals surface area contributed by atoms with Crippen molar-refractivity contribution in [3.63, 3.8) is 0 Å². The number of nitrogens with zero attached hydrogens (tertiary/aromatic N) is 1. The van der Waals surface area contributed by atoms with Crippen molar-refractivity contribution in [2.75, 3.05) is 0 Å². The fourth-order valence-electron chi connectivity index (χ4n) is 6.47. The smallest absolute Gasteiger partial charge is 0.347 e. The molecular formula is C27H27NO7. The van der Waals surface area contributed by atoms with Gasteiger partial charge in [0, 0.05) is 24.0 Å². The number of fused-ring (bicyclic) bond motifs is 4. The summed E-state index contributed by atoms with van der Waals surface area (Å²) in [5.41, 5.74) is -1.07. The summed E-state index contributed by atoms with van der Waals surface area (Å²) in [6, 6.07) is 5.19. The molecule has 1 aliphatic heterocycles. The Hall–Kier alpha value is -3.68. The van der Waals surface area contributed by atoms with Gasteiger partial charge in [-0.1, -0.05) is 26.0 Å². The Bertz CT molecular complexity index is 1310. The van der Waals surface area contributed by atoms with Gasteiger partial charge in [0.05, 0.1) is 6.42 Å². The van der Waals surface area contributed by atoms with Gasteiger partial charge in [-0.05, 0) is 60.3 Å². The van der Waals surface area contributed by atoms with Crippen molar-refractivity contribution >= 4 is 18.5 Å². The molecule has 8 heteroatoms. The number of rotatable bonds is 5. The number of ether oxygens (including phenoxy) is 2. The fourth-order valence-corrected chi connectivity index (χ4v) is 6.47. The second kappa shape index (κ2) is 7.93. The van der Waals surface area contributed by atoms with Crippen molar-refractivity contribution in [3.05, 3.63) is 64.3 Å². The molecule has 8 nitrogen and oxygen atoms in total. The fraction of sp³-hybridized carbons (Fsp3) is 0.407. The Morgan fingerprint density at radius 2 is 2.14 bits per heavy atom. The van der Waals surface area contributed by atoms with Crippen LogP contribution >= 0.6 is 0 Å². The molecule has 1 N–H and O–H groups in total. The van der Waals surface area contributed by atoms with Crippen LogP contribution in [0.3, 0.4) is 0 Å². The number of hydrogen-bond acceptors (Lipinski definition) is 7. The highest BCUT2D eigenvalue weighted by Gasteiger charge is 2.62. The molecule has 0 bridgehead atoms. The molecule has 2 unspecified atom stereocenters. The molecule has 5 atom stereocenters. The van der Waals surface area contributed by atoms with Crippen LogP contribution in [-0.4, -0.2) is 34.2 Å². The average molecular weight is 478 g/mol. The zero-order valence-corrected chi connectivity index (χ0v) is 19.8. The van der Waals surface area contributed by atoms with Crippen molar-refractivity contribution in [1.82, 2.24) is 4.98 Å². The van der Waals surface area contributed by atoms with Crippen LogP contribution in [-0.2, 0) is 14.3 Å². The van der Waals surface area contributed by atoms with Crippen LogP contribution in [0.1, 0.15) is 45.6 Å². The van der Waals surface area contributed by atoms with Gasteiger partial charge >= 0.3 is 11.6 Å². The van der Waals surface area contributed by atoms with E-state index in [2.05, 4.69) is 11.9 Å². The summed E-state index contributed by atoms with van der Waals surface area (Å²) in [6.45, 7) is 6.26. The van der Waals surface area contributed by atoms with E-state index in [9.17, 15) is 19.5 Å². The molecule has 0 aromatic carbocycles. The van der Waals surface area contributed by atoms with E-state index < -0.39 is 34.1 Å². The number of pyridine rings is 1. The molecule has 35 heavy (non-hydrogen) atoms. The number of carbonyl (C=O) groups is 2. The zero-order valence-electron chi connectivity index (χ0n) is 19.8. The molecule has 2 aromatic rings. The quantitative estimate of drug-likeness (QED) is 0.502. The number of carboxylic acids is 1. The van der Waals surface area contributed by atoms with E-state index in [1.807, 2.05) is 26.0 Å². The molecular weight excluding hydrogens is 450 g/mol. The lowest BCUT2D eigenvalue weighted by Gasteiger charge is -2.60. The molecule has 3 aliphatic rings. The van der Waals surface area contributed by atoms with Gasteiger partial charge in [-0.3, -0.25) is 14.6 Å². The average Bonchev–Trinajstić information content (AvgIpc) is 2.79. The maximum atomic E-state index is 13.1. The third-order valence-corrected chi connectivity index (χ3v) is 8.08. The Morgan fingerprint density at radius 1 is 1.34 bits per heavy atom. The first-order valence-electron chi connectivity index (χ1n) is 11.6. The van der Waals surface area contributed by atoms with Crippen LogP contribution < -0.4 is 10.4 Å². The molecule has 1 fully saturated rings. The van der Waals surface area contributed by atoms with E-state index in [0.717, 1.165) is 5.57 Å². The van der Waals surface area contributed by atoms with Crippen LogP contribution in [0.2, 0.25) is 0 Å². The molecule has 1 saturated carbocycles. The second-order valence-electron chi connectivity index (χ2n) is 10.3. The van der Waals surface area contributed by atoms with Crippen molar-refractivity contribution in [2.45, 2.75) is 51.7 Å². The maximum absolute atomic E-state index is 13.1. The Kier molecular flexibility index (Phi) is 5.23. The summed E-state index contributed by atoms with van der Waals surface area (Å²) in [5.74, 6) is -0.394. The predicted molar refractivity (Wildman–Crippen MR) is 126 cm³/mol. The van der Waals surface area contributed by atoms with Crippen molar-refractivity contribution in [2.24, 2.45) is 16.7 Å². The molecule has 0 amide bonds. The molecule has 182 valence electrons. The van der Waals surface area contributed by atoms with Crippen molar-refractivity contribution in [1.29, 1.82) is 0 Å². The van der Waals surface area contributed by atoms with Crippen LogP contribution in [0.15, 0.2) is 57.5 Å². The van der Waals surface area contributed by atoms with Gasteiger partial charge in [0.25, 0.3) is 6.47 Å². The molecule has 2 aliphatic carbocycles. The highest BCUT2D eigenvalue weighted by molar-refractivity contribution is 5.71. The minimum absolute atomic E-state index is 0.0599. The van der Waals surface area contributed by atoms with E-state index in [1.54, 1.807) is 36.7 Å². The lowest BCUT2D eigenvalue weighted by molar-refractivity contribution is -0.159. The third-order valence-electron chi connectivity index (χ3n) is 8.08.